The summed E-state index contributed by atoms with van der Waals surface area (Å²) in [6.07, 6.45) is 1.02. The summed E-state index contributed by atoms with van der Waals surface area (Å²) in [7, 11) is 0. The first-order valence-electron chi connectivity index (χ1n) is 5.64. The van der Waals surface area contributed by atoms with E-state index in [2.05, 4.69) is 4.74 Å². The Morgan fingerprint density at radius 1 is 1.18 bits per heavy atom. The molecular weight excluding hydrogens is 216 g/mol. The molecule has 0 fully saturated rings. The number of esters is 2. The van der Waals surface area contributed by atoms with Gasteiger partial charge in [-0.15, -0.1) is 0 Å². The predicted octanol–water partition coefficient (Wildman–Crippen LogP) is 2.74. The second kappa shape index (κ2) is 5.62. The smallest absolute Gasteiger partial charge is 0.313 e. The van der Waals surface area contributed by atoms with Crippen LogP contribution in [0.2, 0.25) is 0 Å². The SMILES string of the molecule is CC(=O)OC(=O)CC(C)(C)Cc1ccccc1. The molecule has 0 aliphatic carbocycles. The summed E-state index contributed by atoms with van der Waals surface area (Å²) >= 11 is 0. The molecule has 3 nitrogen and oxygen atoms in total. The highest BCUT2D eigenvalue weighted by Gasteiger charge is 2.24. The molecule has 0 amide bonds. The van der Waals surface area contributed by atoms with Crippen molar-refractivity contribution >= 4 is 11.9 Å². The van der Waals surface area contributed by atoms with Crippen LogP contribution in [0, 0.1) is 5.41 Å². The summed E-state index contributed by atoms with van der Waals surface area (Å²) < 4.78 is 4.55. The Balaban J connectivity index is 2.57. The molecule has 0 saturated heterocycles. The van der Waals surface area contributed by atoms with Crippen molar-refractivity contribution < 1.29 is 14.3 Å². The monoisotopic (exact) mass is 234 g/mol. The second-order valence-electron chi connectivity index (χ2n) is 4.97. The molecule has 1 aromatic rings. The van der Waals surface area contributed by atoms with Gasteiger partial charge in [0.25, 0.3) is 0 Å². The van der Waals surface area contributed by atoms with Crippen molar-refractivity contribution in [1.82, 2.24) is 0 Å². The van der Waals surface area contributed by atoms with Crippen LogP contribution in [-0.4, -0.2) is 11.9 Å². The summed E-state index contributed by atoms with van der Waals surface area (Å²) in [6.45, 7) is 5.21. The average Bonchev–Trinajstić information content (AvgIpc) is 2.15. The topological polar surface area (TPSA) is 43.4 Å². The van der Waals surface area contributed by atoms with E-state index in [0.29, 0.717) is 0 Å². The number of rotatable bonds is 4. The van der Waals surface area contributed by atoms with Gasteiger partial charge in [0.05, 0.1) is 6.42 Å². The maximum atomic E-state index is 11.4. The number of hydrogen-bond donors (Lipinski definition) is 0. The molecule has 0 aromatic heterocycles. The van der Waals surface area contributed by atoms with Gasteiger partial charge in [-0.05, 0) is 17.4 Å². The number of carbonyl (C=O) groups is 2. The third-order valence-corrected chi connectivity index (χ3v) is 2.41. The van der Waals surface area contributed by atoms with Gasteiger partial charge in [0.15, 0.2) is 0 Å². The molecule has 0 heterocycles. The van der Waals surface area contributed by atoms with Crippen LogP contribution in [0.3, 0.4) is 0 Å². The normalized spacial score (nSPS) is 11.0. The van der Waals surface area contributed by atoms with Crippen molar-refractivity contribution in [2.45, 2.75) is 33.6 Å². The molecular formula is C14H18O3. The lowest BCUT2D eigenvalue weighted by molar-refractivity contribution is -0.159. The van der Waals surface area contributed by atoms with E-state index < -0.39 is 11.9 Å². The van der Waals surface area contributed by atoms with Crippen LogP contribution in [0.5, 0.6) is 0 Å². The van der Waals surface area contributed by atoms with E-state index in [4.69, 9.17) is 0 Å². The molecule has 92 valence electrons. The van der Waals surface area contributed by atoms with E-state index in [9.17, 15) is 9.59 Å². The first kappa shape index (κ1) is 13.4. The maximum Gasteiger partial charge on any atom is 0.313 e. The van der Waals surface area contributed by atoms with E-state index in [1.807, 2.05) is 44.2 Å². The van der Waals surface area contributed by atoms with E-state index in [0.717, 1.165) is 6.42 Å². The van der Waals surface area contributed by atoms with Crippen molar-refractivity contribution in [3.63, 3.8) is 0 Å². The van der Waals surface area contributed by atoms with Gasteiger partial charge in [-0.25, -0.2) is 0 Å². The third kappa shape index (κ3) is 5.29. The average molecular weight is 234 g/mol. The quantitative estimate of drug-likeness (QED) is 0.594. The summed E-state index contributed by atoms with van der Waals surface area (Å²) in [6, 6.07) is 9.95. The van der Waals surface area contributed by atoms with Crippen molar-refractivity contribution in [3.05, 3.63) is 35.9 Å². The summed E-state index contributed by atoms with van der Waals surface area (Å²) in [4.78, 5) is 22.1. The number of carbonyl (C=O) groups excluding carboxylic acids is 2. The first-order chi connectivity index (χ1) is 7.89. The lowest BCUT2D eigenvalue weighted by atomic mass is 9.83. The summed E-state index contributed by atoms with van der Waals surface area (Å²) in [5.41, 5.74) is 0.960. The Morgan fingerprint density at radius 2 is 1.76 bits per heavy atom. The number of ether oxygens (including phenoxy) is 1. The van der Waals surface area contributed by atoms with Crippen LogP contribution in [0.4, 0.5) is 0 Å². The maximum absolute atomic E-state index is 11.4. The van der Waals surface area contributed by atoms with Crippen LogP contribution >= 0.6 is 0 Å². The molecule has 0 spiro atoms. The van der Waals surface area contributed by atoms with Gasteiger partial charge in [-0.3, -0.25) is 9.59 Å². The molecule has 17 heavy (non-hydrogen) atoms. The zero-order valence-electron chi connectivity index (χ0n) is 10.5. The Labute approximate surface area is 102 Å². The van der Waals surface area contributed by atoms with Crippen molar-refractivity contribution in [1.29, 1.82) is 0 Å². The van der Waals surface area contributed by atoms with Gasteiger partial charge >= 0.3 is 11.9 Å². The first-order valence-corrected chi connectivity index (χ1v) is 5.64. The van der Waals surface area contributed by atoms with Crippen LogP contribution in [0.25, 0.3) is 0 Å². The van der Waals surface area contributed by atoms with Crippen LogP contribution in [0.15, 0.2) is 30.3 Å². The van der Waals surface area contributed by atoms with Gasteiger partial charge < -0.3 is 4.74 Å². The highest BCUT2D eigenvalue weighted by Crippen LogP contribution is 2.26. The van der Waals surface area contributed by atoms with E-state index in [1.165, 1.54) is 12.5 Å². The minimum absolute atomic E-state index is 0.214. The fourth-order valence-electron chi connectivity index (χ4n) is 1.80. The molecule has 3 heteroatoms. The summed E-state index contributed by atoms with van der Waals surface area (Å²) in [5, 5.41) is 0. The molecule has 0 aliphatic rings. The van der Waals surface area contributed by atoms with E-state index >= 15 is 0 Å². The van der Waals surface area contributed by atoms with Crippen LogP contribution < -0.4 is 0 Å². The Kier molecular flexibility index (Phi) is 4.44. The summed E-state index contributed by atoms with van der Waals surface area (Å²) in [5.74, 6) is -1.01. The van der Waals surface area contributed by atoms with Crippen LogP contribution in [0.1, 0.15) is 32.8 Å². The molecule has 0 radical (unpaired) electrons. The molecule has 0 bridgehead atoms. The fourth-order valence-corrected chi connectivity index (χ4v) is 1.80. The lowest BCUT2D eigenvalue weighted by Crippen LogP contribution is -2.22. The lowest BCUT2D eigenvalue weighted by Gasteiger charge is -2.23. The molecule has 0 atom stereocenters. The zero-order chi connectivity index (χ0) is 12.9. The van der Waals surface area contributed by atoms with Crippen molar-refractivity contribution in [2.24, 2.45) is 5.41 Å². The highest BCUT2D eigenvalue weighted by molar-refractivity contribution is 5.84. The van der Waals surface area contributed by atoms with Gasteiger partial charge in [0, 0.05) is 6.92 Å². The Morgan fingerprint density at radius 3 is 2.29 bits per heavy atom. The van der Waals surface area contributed by atoms with Gasteiger partial charge in [0.2, 0.25) is 0 Å². The number of benzene rings is 1. The molecule has 0 aliphatic heterocycles. The fraction of sp³-hybridized carbons (Fsp3) is 0.429. The van der Waals surface area contributed by atoms with E-state index in [-0.39, 0.29) is 11.8 Å². The Bertz CT molecular complexity index is 393. The van der Waals surface area contributed by atoms with Gasteiger partial charge in [0.1, 0.15) is 0 Å². The highest BCUT2D eigenvalue weighted by atomic mass is 16.6. The molecule has 0 saturated carbocycles. The molecule has 1 rings (SSSR count). The zero-order valence-corrected chi connectivity index (χ0v) is 10.5. The second-order valence-corrected chi connectivity index (χ2v) is 4.97. The van der Waals surface area contributed by atoms with Crippen molar-refractivity contribution in [2.75, 3.05) is 0 Å². The minimum atomic E-state index is -0.550. The largest absolute Gasteiger partial charge is 0.393 e. The van der Waals surface area contributed by atoms with Crippen molar-refractivity contribution in [3.8, 4) is 0 Å². The standard InChI is InChI=1S/C14H18O3/c1-11(15)17-13(16)10-14(2,3)9-12-7-5-4-6-8-12/h4-8H,9-10H2,1-3H3. The molecule has 0 N–H and O–H groups in total. The minimum Gasteiger partial charge on any atom is -0.393 e. The number of hydrogen-bond acceptors (Lipinski definition) is 3. The van der Waals surface area contributed by atoms with Crippen LogP contribution in [-0.2, 0) is 20.7 Å². The molecule has 1 aromatic carbocycles. The Hall–Kier alpha value is -1.64. The predicted molar refractivity (Wildman–Crippen MR) is 65.3 cm³/mol. The third-order valence-electron chi connectivity index (χ3n) is 2.41. The van der Waals surface area contributed by atoms with Gasteiger partial charge in [-0.1, -0.05) is 44.2 Å². The van der Waals surface area contributed by atoms with E-state index in [1.54, 1.807) is 0 Å². The van der Waals surface area contributed by atoms with Gasteiger partial charge in [-0.2, -0.15) is 0 Å². The molecule has 0 unspecified atom stereocenters.